The minimum Gasteiger partial charge on any atom is -0.324 e. The fraction of sp³-hybridized carbons (Fsp3) is 0.600. The lowest BCUT2D eigenvalue weighted by Gasteiger charge is -2.21. The molecule has 1 heterocycles. The van der Waals surface area contributed by atoms with E-state index in [-0.39, 0.29) is 5.69 Å². The summed E-state index contributed by atoms with van der Waals surface area (Å²) < 4.78 is 1.60. The van der Waals surface area contributed by atoms with Gasteiger partial charge >= 0.3 is 5.69 Å². The fourth-order valence-electron chi connectivity index (χ4n) is 1.37. The first-order valence-electron chi connectivity index (χ1n) is 4.63. The van der Waals surface area contributed by atoms with Crippen molar-refractivity contribution in [2.45, 2.75) is 39.8 Å². The van der Waals surface area contributed by atoms with E-state index in [1.54, 1.807) is 4.57 Å². The zero-order valence-electron chi connectivity index (χ0n) is 9.16. The van der Waals surface area contributed by atoms with Gasteiger partial charge in [-0.25, -0.2) is 4.79 Å². The van der Waals surface area contributed by atoms with Crippen molar-refractivity contribution in [2.75, 3.05) is 0 Å². The smallest absolute Gasteiger partial charge is 0.324 e. The van der Waals surface area contributed by atoms with Crippen molar-refractivity contribution in [3.63, 3.8) is 0 Å². The quantitative estimate of drug-likeness (QED) is 0.751. The van der Waals surface area contributed by atoms with Crippen LogP contribution >= 0.6 is 0 Å². The first-order chi connectivity index (χ1) is 6.29. The zero-order chi connectivity index (χ0) is 10.9. The van der Waals surface area contributed by atoms with Crippen LogP contribution in [0.2, 0.25) is 0 Å². The molecule has 4 nitrogen and oxygen atoms in total. The molecular weight excluding hydrogens is 178 g/mol. The van der Waals surface area contributed by atoms with Crippen LogP contribution in [0.15, 0.2) is 10.9 Å². The molecule has 0 spiro atoms. The van der Waals surface area contributed by atoms with Crippen molar-refractivity contribution < 1.29 is 0 Å². The number of nitrogens with two attached hydrogens (primary N) is 1. The molecule has 78 valence electrons. The minimum absolute atomic E-state index is 0.221. The number of hydrogen-bond donors (Lipinski definition) is 1. The number of hydrogen-bond acceptors (Lipinski definition) is 3. The van der Waals surface area contributed by atoms with Crippen LogP contribution in [0.1, 0.15) is 25.2 Å². The highest BCUT2D eigenvalue weighted by molar-refractivity contribution is 5.07. The van der Waals surface area contributed by atoms with E-state index < -0.39 is 5.54 Å². The maximum atomic E-state index is 11.5. The Balaban J connectivity index is 3.16. The second-order valence-electron chi connectivity index (χ2n) is 4.40. The molecule has 1 aromatic heterocycles. The monoisotopic (exact) mass is 195 g/mol. The van der Waals surface area contributed by atoms with E-state index in [0.717, 1.165) is 11.4 Å². The molecule has 4 heteroatoms. The van der Waals surface area contributed by atoms with E-state index in [2.05, 4.69) is 4.98 Å². The summed E-state index contributed by atoms with van der Waals surface area (Å²) in [5.74, 6) is 0. The second kappa shape index (κ2) is 3.53. The molecule has 0 saturated carbocycles. The van der Waals surface area contributed by atoms with Crippen molar-refractivity contribution in [1.82, 2.24) is 9.55 Å². The normalized spacial score (nSPS) is 11.8. The highest BCUT2D eigenvalue weighted by atomic mass is 16.1. The molecular formula is C10H17N3O. The van der Waals surface area contributed by atoms with Gasteiger partial charge in [-0.05, 0) is 33.8 Å². The predicted octanol–water partition coefficient (Wildman–Crippen LogP) is 0.597. The Kier molecular flexibility index (Phi) is 2.76. The van der Waals surface area contributed by atoms with Gasteiger partial charge in [0.15, 0.2) is 0 Å². The van der Waals surface area contributed by atoms with Crippen LogP contribution in [0.5, 0.6) is 0 Å². The Morgan fingerprint density at radius 1 is 1.50 bits per heavy atom. The largest absolute Gasteiger partial charge is 0.348 e. The van der Waals surface area contributed by atoms with Gasteiger partial charge in [0.05, 0.1) is 0 Å². The van der Waals surface area contributed by atoms with E-state index in [4.69, 9.17) is 5.73 Å². The zero-order valence-corrected chi connectivity index (χ0v) is 9.16. The number of aryl methyl sites for hydroxylation is 2. The lowest BCUT2D eigenvalue weighted by atomic mass is 10.1. The van der Waals surface area contributed by atoms with Crippen LogP contribution in [-0.4, -0.2) is 15.1 Å². The Hall–Kier alpha value is -1.16. The molecule has 0 saturated heterocycles. The van der Waals surface area contributed by atoms with Crippen LogP contribution < -0.4 is 11.4 Å². The van der Waals surface area contributed by atoms with E-state index in [1.807, 2.05) is 33.8 Å². The molecule has 0 unspecified atom stereocenters. The van der Waals surface area contributed by atoms with Crippen LogP contribution in [0.4, 0.5) is 0 Å². The van der Waals surface area contributed by atoms with Crippen molar-refractivity contribution >= 4 is 0 Å². The summed E-state index contributed by atoms with van der Waals surface area (Å²) in [5.41, 5.74) is 6.89. The molecule has 14 heavy (non-hydrogen) atoms. The summed E-state index contributed by atoms with van der Waals surface area (Å²) in [4.78, 5) is 15.4. The average molecular weight is 195 g/mol. The van der Waals surface area contributed by atoms with Crippen LogP contribution in [0.3, 0.4) is 0 Å². The third-order valence-electron chi connectivity index (χ3n) is 1.91. The fourth-order valence-corrected chi connectivity index (χ4v) is 1.37. The topological polar surface area (TPSA) is 60.9 Å². The predicted molar refractivity (Wildman–Crippen MR) is 56.2 cm³/mol. The van der Waals surface area contributed by atoms with Gasteiger partial charge in [-0.1, -0.05) is 0 Å². The number of nitrogens with zero attached hydrogens (tertiary/aromatic N) is 2. The Labute approximate surface area is 83.8 Å². The van der Waals surface area contributed by atoms with Gasteiger partial charge in [0.2, 0.25) is 0 Å². The van der Waals surface area contributed by atoms with Gasteiger partial charge in [0, 0.05) is 23.5 Å². The van der Waals surface area contributed by atoms with Gasteiger partial charge in [0.25, 0.3) is 0 Å². The van der Waals surface area contributed by atoms with E-state index in [1.165, 1.54) is 0 Å². The Morgan fingerprint density at radius 3 is 2.50 bits per heavy atom. The van der Waals surface area contributed by atoms with E-state index in [0.29, 0.717) is 6.54 Å². The molecule has 0 fully saturated rings. The third-order valence-corrected chi connectivity index (χ3v) is 1.91. The molecule has 0 radical (unpaired) electrons. The summed E-state index contributed by atoms with van der Waals surface area (Å²) in [5, 5.41) is 0. The molecule has 1 aromatic rings. The lowest BCUT2D eigenvalue weighted by molar-refractivity contribution is 0.416. The second-order valence-corrected chi connectivity index (χ2v) is 4.40. The highest BCUT2D eigenvalue weighted by Crippen LogP contribution is 2.03. The van der Waals surface area contributed by atoms with Crippen LogP contribution in [0.25, 0.3) is 0 Å². The first-order valence-corrected chi connectivity index (χ1v) is 4.63. The summed E-state index contributed by atoms with van der Waals surface area (Å²) in [6.07, 6.45) is 0. The standard InChI is InChI=1S/C10H17N3O/c1-7-5-8(2)13(9(14)12-7)6-10(3,4)11/h5H,6,11H2,1-4H3. The van der Waals surface area contributed by atoms with Gasteiger partial charge in [0.1, 0.15) is 0 Å². The Morgan fingerprint density at radius 2 is 2.07 bits per heavy atom. The maximum Gasteiger partial charge on any atom is 0.348 e. The molecule has 0 aliphatic carbocycles. The summed E-state index contributed by atoms with van der Waals surface area (Å²) in [6, 6.07) is 1.88. The Bertz CT molecular complexity index is 387. The van der Waals surface area contributed by atoms with Crippen LogP contribution in [0, 0.1) is 13.8 Å². The summed E-state index contributed by atoms with van der Waals surface area (Å²) in [7, 11) is 0. The maximum absolute atomic E-state index is 11.5. The summed E-state index contributed by atoms with van der Waals surface area (Å²) >= 11 is 0. The van der Waals surface area contributed by atoms with Gasteiger partial charge in [-0.15, -0.1) is 0 Å². The average Bonchev–Trinajstić information content (AvgIpc) is 1.95. The van der Waals surface area contributed by atoms with E-state index >= 15 is 0 Å². The molecule has 0 aliphatic heterocycles. The molecule has 1 rings (SSSR count). The summed E-state index contributed by atoms with van der Waals surface area (Å²) in [6.45, 7) is 7.97. The van der Waals surface area contributed by atoms with Gasteiger partial charge < -0.3 is 5.73 Å². The lowest BCUT2D eigenvalue weighted by Crippen LogP contribution is -2.41. The minimum atomic E-state index is -0.397. The molecule has 0 aliphatic rings. The SMILES string of the molecule is Cc1cc(C)n(CC(C)(C)N)c(=O)n1. The van der Waals surface area contributed by atoms with Crippen molar-refractivity contribution in [3.05, 3.63) is 27.9 Å². The van der Waals surface area contributed by atoms with Crippen molar-refractivity contribution in [2.24, 2.45) is 5.73 Å². The van der Waals surface area contributed by atoms with E-state index in [9.17, 15) is 4.79 Å². The van der Waals surface area contributed by atoms with Crippen LogP contribution in [-0.2, 0) is 6.54 Å². The van der Waals surface area contributed by atoms with Gasteiger partial charge in [-0.3, -0.25) is 4.57 Å². The third kappa shape index (κ3) is 2.67. The molecule has 0 aromatic carbocycles. The van der Waals surface area contributed by atoms with Gasteiger partial charge in [-0.2, -0.15) is 4.98 Å². The molecule has 2 N–H and O–H groups in total. The van der Waals surface area contributed by atoms with Crippen molar-refractivity contribution in [1.29, 1.82) is 0 Å². The highest BCUT2D eigenvalue weighted by Gasteiger charge is 2.14. The molecule has 0 amide bonds. The number of aromatic nitrogens is 2. The molecule has 0 bridgehead atoms. The van der Waals surface area contributed by atoms with Crippen molar-refractivity contribution in [3.8, 4) is 0 Å². The molecule has 0 atom stereocenters. The number of rotatable bonds is 2. The first kappa shape index (κ1) is 10.9.